The predicted octanol–water partition coefficient (Wildman–Crippen LogP) is 3.16. The molecule has 0 aliphatic carbocycles. The van der Waals surface area contributed by atoms with Crippen LogP contribution in [0.5, 0.6) is 0 Å². The number of benzene rings is 1. The van der Waals surface area contributed by atoms with Crippen molar-refractivity contribution in [1.29, 1.82) is 0 Å². The Kier molecular flexibility index (Phi) is 3.94. The number of hydrogen-bond acceptors (Lipinski definition) is 4. The number of piperidine rings is 1. The summed E-state index contributed by atoms with van der Waals surface area (Å²) in [5.74, 6) is 0.591. The molecule has 24 heavy (non-hydrogen) atoms. The Balaban J connectivity index is 1.50. The molecular weight excluding hydrogens is 298 g/mol. The van der Waals surface area contributed by atoms with E-state index in [0.717, 1.165) is 49.2 Å². The van der Waals surface area contributed by atoms with Crippen LogP contribution in [0.4, 0.5) is 5.95 Å². The number of likely N-dealkylation sites (tertiary alicyclic amines) is 1. The maximum Gasteiger partial charge on any atom is 0.202 e. The monoisotopic (exact) mass is 321 g/mol. The van der Waals surface area contributed by atoms with E-state index in [-0.39, 0.29) is 0 Å². The van der Waals surface area contributed by atoms with Crippen molar-refractivity contribution in [2.75, 3.05) is 18.8 Å². The number of nitrogen functional groups attached to an aromatic ring is 1. The lowest BCUT2D eigenvalue weighted by molar-refractivity contribution is 0.182. The summed E-state index contributed by atoms with van der Waals surface area (Å²) in [7, 11) is 0. The summed E-state index contributed by atoms with van der Waals surface area (Å²) >= 11 is 0. The number of pyridine rings is 1. The number of anilines is 1. The van der Waals surface area contributed by atoms with Crippen LogP contribution in [0.3, 0.4) is 0 Å². The maximum atomic E-state index is 6.21. The van der Waals surface area contributed by atoms with Gasteiger partial charge in [-0.2, -0.15) is 0 Å². The van der Waals surface area contributed by atoms with E-state index in [2.05, 4.69) is 56.7 Å². The van der Waals surface area contributed by atoms with Crippen molar-refractivity contribution in [3.05, 3.63) is 53.7 Å². The second-order valence-corrected chi connectivity index (χ2v) is 6.63. The van der Waals surface area contributed by atoms with Gasteiger partial charge in [0.1, 0.15) is 5.52 Å². The number of nitrogens with two attached hydrogens (primary N) is 1. The minimum Gasteiger partial charge on any atom is -0.369 e. The van der Waals surface area contributed by atoms with Crippen LogP contribution in [0, 0.1) is 6.92 Å². The lowest BCUT2D eigenvalue weighted by atomic mass is 10.0. The van der Waals surface area contributed by atoms with E-state index in [1.807, 2.05) is 12.3 Å². The summed E-state index contributed by atoms with van der Waals surface area (Å²) in [6.07, 6.45) is 4.01. The molecule has 2 aromatic heterocycles. The van der Waals surface area contributed by atoms with Gasteiger partial charge in [0, 0.05) is 31.9 Å². The zero-order valence-corrected chi connectivity index (χ0v) is 14.0. The summed E-state index contributed by atoms with van der Waals surface area (Å²) in [5, 5.41) is 0. The summed E-state index contributed by atoms with van der Waals surface area (Å²) in [6.45, 7) is 5.23. The highest BCUT2D eigenvalue weighted by Crippen LogP contribution is 2.30. The smallest absolute Gasteiger partial charge is 0.202 e. The van der Waals surface area contributed by atoms with Gasteiger partial charge >= 0.3 is 0 Å². The Labute approximate surface area is 142 Å². The Hall–Kier alpha value is -2.40. The minimum absolute atomic E-state index is 0.385. The van der Waals surface area contributed by atoms with E-state index in [1.54, 1.807) is 0 Å². The van der Waals surface area contributed by atoms with Crippen molar-refractivity contribution in [3.8, 4) is 0 Å². The normalized spacial score (nSPS) is 16.7. The number of imidazole rings is 1. The van der Waals surface area contributed by atoms with Gasteiger partial charge in [-0.1, -0.05) is 30.3 Å². The zero-order valence-electron chi connectivity index (χ0n) is 14.0. The SMILES string of the molecule is Cc1ccnc2c1nc(N)n2C1CCN(Cc2ccccc2)CC1. The molecule has 1 saturated heterocycles. The van der Waals surface area contributed by atoms with Gasteiger partial charge in [0.2, 0.25) is 5.95 Å². The number of aromatic nitrogens is 3. The highest BCUT2D eigenvalue weighted by molar-refractivity contribution is 5.77. The third-order valence-corrected chi connectivity index (χ3v) is 4.98. The first-order valence-corrected chi connectivity index (χ1v) is 8.57. The fraction of sp³-hybridized carbons (Fsp3) is 0.368. The van der Waals surface area contributed by atoms with E-state index in [0.29, 0.717) is 12.0 Å². The van der Waals surface area contributed by atoms with Crippen LogP contribution in [0.1, 0.15) is 30.0 Å². The lowest BCUT2D eigenvalue weighted by Gasteiger charge is -2.33. The van der Waals surface area contributed by atoms with Crippen LogP contribution in [0.25, 0.3) is 11.2 Å². The molecule has 5 nitrogen and oxygen atoms in total. The Morgan fingerprint density at radius 3 is 2.62 bits per heavy atom. The summed E-state index contributed by atoms with van der Waals surface area (Å²) < 4.78 is 2.14. The van der Waals surface area contributed by atoms with Crippen molar-refractivity contribution in [1.82, 2.24) is 19.4 Å². The van der Waals surface area contributed by atoms with E-state index < -0.39 is 0 Å². The molecule has 0 spiro atoms. The summed E-state index contributed by atoms with van der Waals surface area (Å²) in [5.41, 5.74) is 10.6. The molecule has 5 heteroatoms. The topological polar surface area (TPSA) is 60.0 Å². The molecule has 0 amide bonds. The van der Waals surface area contributed by atoms with Crippen molar-refractivity contribution in [2.45, 2.75) is 32.4 Å². The van der Waals surface area contributed by atoms with Crippen LogP contribution in [0.15, 0.2) is 42.6 Å². The van der Waals surface area contributed by atoms with Gasteiger partial charge in [0.15, 0.2) is 5.65 Å². The van der Waals surface area contributed by atoms with Crippen LogP contribution in [0.2, 0.25) is 0 Å². The first-order chi connectivity index (χ1) is 11.7. The number of fused-ring (bicyclic) bond motifs is 1. The summed E-state index contributed by atoms with van der Waals surface area (Å²) in [4.78, 5) is 11.6. The predicted molar refractivity (Wildman–Crippen MR) is 96.7 cm³/mol. The second kappa shape index (κ2) is 6.24. The fourth-order valence-corrected chi connectivity index (χ4v) is 3.66. The number of nitrogens with zero attached hydrogens (tertiary/aromatic N) is 4. The highest BCUT2D eigenvalue weighted by atomic mass is 15.2. The molecule has 3 aromatic rings. The number of aryl methyl sites for hydroxylation is 1. The van der Waals surface area contributed by atoms with Crippen LogP contribution >= 0.6 is 0 Å². The molecule has 0 unspecified atom stereocenters. The molecule has 0 bridgehead atoms. The average Bonchev–Trinajstić information content (AvgIpc) is 2.94. The molecule has 3 heterocycles. The van der Waals surface area contributed by atoms with Crippen LogP contribution in [-0.2, 0) is 6.54 Å². The van der Waals surface area contributed by atoms with Crippen molar-refractivity contribution >= 4 is 17.1 Å². The van der Waals surface area contributed by atoms with E-state index in [1.165, 1.54) is 5.56 Å². The molecule has 2 N–H and O–H groups in total. The molecule has 0 radical (unpaired) electrons. The first-order valence-electron chi connectivity index (χ1n) is 8.57. The lowest BCUT2D eigenvalue weighted by Crippen LogP contribution is -2.34. The summed E-state index contributed by atoms with van der Waals surface area (Å²) in [6, 6.07) is 13.0. The van der Waals surface area contributed by atoms with E-state index in [4.69, 9.17) is 5.73 Å². The highest BCUT2D eigenvalue weighted by Gasteiger charge is 2.24. The van der Waals surface area contributed by atoms with Gasteiger partial charge in [-0.05, 0) is 37.0 Å². The third kappa shape index (κ3) is 2.76. The fourth-order valence-electron chi connectivity index (χ4n) is 3.66. The number of hydrogen-bond donors (Lipinski definition) is 1. The molecule has 1 fully saturated rings. The van der Waals surface area contributed by atoms with Gasteiger partial charge < -0.3 is 5.73 Å². The average molecular weight is 321 g/mol. The van der Waals surface area contributed by atoms with E-state index >= 15 is 0 Å². The maximum absolute atomic E-state index is 6.21. The van der Waals surface area contributed by atoms with E-state index in [9.17, 15) is 0 Å². The van der Waals surface area contributed by atoms with Crippen molar-refractivity contribution in [2.24, 2.45) is 0 Å². The molecule has 1 aliphatic heterocycles. The van der Waals surface area contributed by atoms with Gasteiger partial charge in [0.05, 0.1) is 0 Å². The Morgan fingerprint density at radius 2 is 1.88 bits per heavy atom. The van der Waals surface area contributed by atoms with Crippen LogP contribution < -0.4 is 5.73 Å². The zero-order chi connectivity index (χ0) is 16.5. The Morgan fingerprint density at radius 1 is 1.12 bits per heavy atom. The van der Waals surface area contributed by atoms with Crippen LogP contribution in [-0.4, -0.2) is 32.5 Å². The molecule has 4 rings (SSSR count). The molecule has 1 aliphatic rings. The minimum atomic E-state index is 0.385. The molecule has 1 aromatic carbocycles. The third-order valence-electron chi connectivity index (χ3n) is 4.98. The van der Waals surface area contributed by atoms with Crippen molar-refractivity contribution < 1.29 is 0 Å². The van der Waals surface area contributed by atoms with Gasteiger partial charge in [0.25, 0.3) is 0 Å². The quantitative estimate of drug-likeness (QED) is 0.805. The second-order valence-electron chi connectivity index (χ2n) is 6.63. The molecule has 124 valence electrons. The molecule has 0 atom stereocenters. The Bertz CT molecular complexity index is 832. The van der Waals surface area contributed by atoms with Crippen molar-refractivity contribution in [3.63, 3.8) is 0 Å². The first kappa shape index (κ1) is 15.1. The van der Waals surface area contributed by atoms with Gasteiger partial charge in [-0.25, -0.2) is 9.97 Å². The molecular formula is C19H23N5. The van der Waals surface area contributed by atoms with Gasteiger partial charge in [-0.3, -0.25) is 9.47 Å². The molecule has 0 saturated carbocycles. The standard InChI is InChI=1S/C19H23N5/c1-14-7-10-21-18-17(14)22-19(20)24(18)16-8-11-23(12-9-16)13-15-5-3-2-4-6-15/h2-7,10,16H,8-9,11-13H2,1H3,(H2,20,22). The largest absolute Gasteiger partial charge is 0.369 e. The van der Waals surface area contributed by atoms with Gasteiger partial charge in [-0.15, -0.1) is 0 Å². The number of rotatable bonds is 3.